The van der Waals surface area contributed by atoms with Crippen LogP contribution < -0.4 is 10.2 Å². The Labute approximate surface area is 148 Å². The number of pyridine rings is 1. The first-order chi connectivity index (χ1) is 12.0. The van der Waals surface area contributed by atoms with Crippen LogP contribution >= 0.6 is 0 Å². The number of anilines is 1. The van der Waals surface area contributed by atoms with Crippen LogP contribution in [0.25, 0.3) is 0 Å². The van der Waals surface area contributed by atoms with Crippen molar-refractivity contribution in [1.82, 2.24) is 20.4 Å². The van der Waals surface area contributed by atoms with Crippen molar-refractivity contribution < 1.29 is 9.32 Å². The zero-order valence-electron chi connectivity index (χ0n) is 15.1. The molecule has 2 aromatic heterocycles. The third kappa shape index (κ3) is 4.36. The zero-order chi connectivity index (χ0) is 17.8. The van der Waals surface area contributed by atoms with Crippen LogP contribution in [0, 0.1) is 13.8 Å². The third-order valence-corrected chi connectivity index (χ3v) is 4.65. The van der Waals surface area contributed by atoms with Crippen LogP contribution in [0.2, 0.25) is 0 Å². The lowest BCUT2D eigenvalue weighted by atomic mass is 10.1. The predicted octanol–water partition coefficient (Wildman–Crippen LogP) is 1.30. The zero-order valence-corrected chi connectivity index (χ0v) is 15.1. The summed E-state index contributed by atoms with van der Waals surface area (Å²) in [5, 5.41) is 6.85. The molecule has 3 rings (SSSR count). The highest BCUT2D eigenvalue weighted by Gasteiger charge is 2.16. The highest BCUT2D eigenvalue weighted by atomic mass is 16.5. The number of aromatic nitrogens is 2. The topological polar surface area (TPSA) is 74.5 Å². The fraction of sp³-hybridized carbons (Fsp3) is 0.500. The summed E-state index contributed by atoms with van der Waals surface area (Å²) in [4.78, 5) is 21.3. The predicted molar refractivity (Wildman–Crippen MR) is 95.5 cm³/mol. The molecule has 0 unspecified atom stereocenters. The number of amides is 1. The highest BCUT2D eigenvalue weighted by molar-refractivity contribution is 5.79. The Morgan fingerprint density at radius 3 is 2.72 bits per heavy atom. The van der Waals surface area contributed by atoms with E-state index in [2.05, 4.69) is 38.4 Å². The highest BCUT2D eigenvalue weighted by Crippen LogP contribution is 2.15. The van der Waals surface area contributed by atoms with Gasteiger partial charge in [0, 0.05) is 44.5 Å². The minimum absolute atomic E-state index is 0.0349. The van der Waals surface area contributed by atoms with Gasteiger partial charge in [-0.05, 0) is 38.6 Å². The van der Waals surface area contributed by atoms with Gasteiger partial charge in [0.25, 0.3) is 0 Å². The van der Waals surface area contributed by atoms with E-state index in [9.17, 15) is 4.79 Å². The molecule has 0 bridgehead atoms. The van der Waals surface area contributed by atoms with Crippen molar-refractivity contribution in [1.29, 1.82) is 0 Å². The molecule has 3 heterocycles. The van der Waals surface area contributed by atoms with Crippen molar-refractivity contribution in [2.24, 2.45) is 0 Å². The lowest BCUT2D eigenvalue weighted by molar-refractivity contribution is -0.120. The second kappa shape index (κ2) is 7.65. The maximum atomic E-state index is 12.2. The number of nitrogens with zero attached hydrogens (tertiary/aromatic N) is 4. The molecule has 25 heavy (non-hydrogen) atoms. The number of likely N-dealkylation sites (N-methyl/N-ethyl adjacent to an activating group) is 1. The van der Waals surface area contributed by atoms with Crippen LogP contribution in [0.1, 0.15) is 22.6 Å². The Morgan fingerprint density at radius 1 is 1.28 bits per heavy atom. The second-order valence-corrected chi connectivity index (χ2v) is 6.57. The normalized spacial score (nSPS) is 15.4. The number of aryl methyl sites for hydroxylation is 2. The monoisotopic (exact) mass is 343 g/mol. The maximum absolute atomic E-state index is 12.2. The molecule has 1 fully saturated rings. The van der Waals surface area contributed by atoms with E-state index in [1.54, 1.807) is 0 Å². The van der Waals surface area contributed by atoms with Crippen LogP contribution in [0.15, 0.2) is 22.9 Å². The molecule has 0 radical (unpaired) electrons. The molecule has 0 saturated carbocycles. The molecule has 7 nitrogen and oxygen atoms in total. The first-order valence-electron chi connectivity index (χ1n) is 8.60. The van der Waals surface area contributed by atoms with Crippen LogP contribution in [0.4, 0.5) is 5.82 Å². The summed E-state index contributed by atoms with van der Waals surface area (Å²) < 4.78 is 5.10. The van der Waals surface area contributed by atoms with E-state index in [-0.39, 0.29) is 12.3 Å². The summed E-state index contributed by atoms with van der Waals surface area (Å²) in [7, 11) is 2.13. The number of carbonyl (C=O) groups is 1. The van der Waals surface area contributed by atoms with E-state index in [1.165, 1.54) is 0 Å². The van der Waals surface area contributed by atoms with Gasteiger partial charge in [-0.2, -0.15) is 0 Å². The van der Waals surface area contributed by atoms with Gasteiger partial charge in [0.15, 0.2) is 0 Å². The number of carbonyl (C=O) groups excluding carboxylic acids is 1. The maximum Gasteiger partial charge on any atom is 0.224 e. The van der Waals surface area contributed by atoms with Crippen LogP contribution in [-0.2, 0) is 17.8 Å². The summed E-state index contributed by atoms with van der Waals surface area (Å²) in [5.74, 6) is 1.65. The third-order valence-electron chi connectivity index (χ3n) is 4.65. The lowest BCUT2D eigenvalue weighted by Gasteiger charge is -2.33. The number of rotatable bonds is 5. The smallest absolute Gasteiger partial charge is 0.224 e. The molecule has 0 spiro atoms. The van der Waals surface area contributed by atoms with E-state index >= 15 is 0 Å². The molecule has 1 saturated heterocycles. The molecule has 0 aliphatic carbocycles. The molecule has 0 aromatic carbocycles. The average Bonchev–Trinajstić information content (AvgIpc) is 2.93. The van der Waals surface area contributed by atoms with Gasteiger partial charge in [0.1, 0.15) is 11.6 Å². The Kier molecular flexibility index (Phi) is 5.33. The van der Waals surface area contributed by atoms with Crippen LogP contribution in [0.5, 0.6) is 0 Å². The first-order valence-corrected chi connectivity index (χ1v) is 8.60. The van der Waals surface area contributed by atoms with Gasteiger partial charge in [-0.15, -0.1) is 0 Å². The van der Waals surface area contributed by atoms with Gasteiger partial charge in [-0.3, -0.25) is 4.79 Å². The summed E-state index contributed by atoms with van der Waals surface area (Å²) >= 11 is 0. The standard InChI is InChI=1S/C18H25N5O2/c1-13-16(14(2)25-21-13)11-18(24)20-12-15-4-5-19-17(10-15)23-8-6-22(3)7-9-23/h4-5,10H,6-9,11-12H2,1-3H3,(H,20,24). The van der Waals surface area contributed by atoms with Gasteiger partial charge in [-0.1, -0.05) is 5.16 Å². The number of nitrogens with one attached hydrogen (secondary N) is 1. The molecular formula is C18H25N5O2. The van der Waals surface area contributed by atoms with Crippen molar-refractivity contribution in [3.05, 3.63) is 40.9 Å². The van der Waals surface area contributed by atoms with Crippen molar-refractivity contribution in [3.63, 3.8) is 0 Å². The summed E-state index contributed by atoms with van der Waals surface area (Å²) in [6.07, 6.45) is 2.10. The fourth-order valence-corrected chi connectivity index (χ4v) is 2.96. The van der Waals surface area contributed by atoms with Gasteiger partial charge >= 0.3 is 0 Å². The molecular weight excluding hydrogens is 318 g/mol. The molecule has 1 aliphatic rings. The summed E-state index contributed by atoms with van der Waals surface area (Å²) in [5.41, 5.74) is 2.69. The van der Waals surface area contributed by atoms with Gasteiger partial charge in [0.05, 0.1) is 12.1 Å². The summed E-state index contributed by atoms with van der Waals surface area (Å²) in [6, 6.07) is 4.00. The van der Waals surface area contributed by atoms with Crippen molar-refractivity contribution in [2.75, 3.05) is 38.1 Å². The molecule has 2 aromatic rings. The number of hydrogen-bond acceptors (Lipinski definition) is 6. The van der Waals surface area contributed by atoms with Gasteiger partial charge < -0.3 is 19.6 Å². The van der Waals surface area contributed by atoms with E-state index in [0.717, 1.165) is 48.8 Å². The van der Waals surface area contributed by atoms with E-state index in [1.807, 2.05) is 26.1 Å². The van der Waals surface area contributed by atoms with Gasteiger partial charge in [-0.25, -0.2) is 4.98 Å². The van der Waals surface area contributed by atoms with Crippen molar-refractivity contribution >= 4 is 11.7 Å². The number of hydrogen-bond donors (Lipinski definition) is 1. The van der Waals surface area contributed by atoms with Crippen LogP contribution in [-0.4, -0.2) is 54.2 Å². The Morgan fingerprint density at radius 2 is 2.04 bits per heavy atom. The Hall–Kier alpha value is -2.41. The molecule has 134 valence electrons. The van der Waals surface area contributed by atoms with E-state index in [0.29, 0.717) is 12.3 Å². The lowest BCUT2D eigenvalue weighted by Crippen LogP contribution is -2.44. The number of piperazine rings is 1. The van der Waals surface area contributed by atoms with Crippen LogP contribution in [0.3, 0.4) is 0 Å². The van der Waals surface area contributed by atoms with E-state index in [4.69, 9.17) is 4.52 Å². The quantitative estimate of drug-likeness (QED) is 0.882. The Balaban J connectivity index is 1.56. The Bertz CT molecular complexity index is 715. The van der Waals surface area contributed by atoms with Crippen molar-refractivity contribution in [3.8, 4) is 0 Å². The summed E-state index contributed by atoms with van der Waals surface area (Å²) in [6.45, 7) is 8.21. The minimum atomic E-state index is -0.0349. The fourth-order valence-electron chi connectivity index (χ4n) is 2.96. The second-order valence-electron chi connectivity index (χ2n) is 6.57. The molecule has 7 heteroatoms. The molecule has 1 aliphatic heterocycles. The van der Waals surface area contributed by atoms with Gasteiger partial charge in [0.2, 0.25) is 5.91 Å². The van der Waals surface area contributed by atoms with Crippen molar-refractivity contribution in [2.45, 2.75) is 26.8 Å². The SMILES string of the molecule is Cc1noc(C)c1CC(=O)NCc1ccnc(N2CCN(C)CC2)c1. The molecule has 1 N–H and O–H groups in total. The minimum Gasteiger partial charge on any atom is -0.361 e. The molecule has 1 amide bonds. The van der Waals surface area contributed by atoms with E-state index < -0.39 is 0 Å². The average molecular weight is 343 g/mol. The molecule has 0 atom stereocenters. The first kappa shape index (κ1) is 17.4. The largest absolute Gasteiger partial charge is 0.361 e.